The Balaban J connectivity index is 2.11. The molecule has 3 rings (SSSR count). The highest BCUT2D eigenvalue weighted by molar-refractivity contribution is 7.91. The van der Waals surface area contributed by atoms with Crippen LogP contribution in [-0.4, -0.2) is 38.5 Å². The summed E-state index contributed by atoms with van der Waals surface area (Å²) in [5, 5.41) is 3.11. The Labute approximate surface area is 144 Å². The van der Waals surface area contributed by atoms with Gasteiger partial charge in [0.1, 0.15) is 4.83 Å². The lowest BCUT2D eigenvalue weighted by atomic mass is 10.4. The van der Waals surface area contributed by atoms with Crippen molar-refractivity contribution in [3.63, 3.8) is 0 Å². The summed E-state index contributed by atoms with van der Waals surface area (Å²) in [5.74, 6) is 0. The zero-order valence-electron chi connectivity index (χ0n) is 12.9. The molecule has 0 radical (unpaired) electrons. The summed E-state index contributed by atoms with van der Waals surface area (Å²) in [6, 6.07) is 8.26. The second-order valence-corrected chi connectivity index (χ2v) is 8.84. The molecular formula is C16H17ClN2O2S2. The van der Waals surface area contributed by atoms with Gasteiger partial charge < -0.3 is 9.47 Å². The first kappa shape index (κ1) is 16.5. The fraction of sp³-hybridized carbons (Fsp3) is 0.250. The van der Waals surface area contributed by atoms with Crippen molar-refractivity contribution in [3.05, 3.63) is 46.9 Å². The third kappa shape index (κ3) is 3.17. The molecule has 0 saturated heterocycles. The average Bonchev–Trinajstić information content (AvgIpc) is 3.07. The molecule has 0 bridgehead atoms. The van der Waals surface area contributed by atoms with Crippen LogP contribution in [0.25, 0.3) is 10.2 Å². The van der Waals surface area contributed by atoms with Crippen LogP contribution in [0.2, 0.25) is 5.02 Å². The molecule has 3 aromatic rings. The molecule has 0 N–H and O–H groups in total. The van der Waals surface area contributed by atoms with Crippen molar-refractivity contribution in [2.45, 2.75) is 16.3 Å². The Hall–Kier alpha value is -1.34. The quantitative estimate of drug-likeness (QED) is 0.688. The van der Waals surface area contributed by atoms with Gasteiger partial charge in [-0.1, -0.05) is 17.7 Å². The van der Waals surface area contributed by atoms with Crippen molar-refractivity contribution in [1.29, 1.82) is 0 Å². The van der Waals surface area contributed by atoms with E-state index < -0.39 is 9.84 Å². The topological polar surface area (TPSA) is 42.3 Å². The minimum Gasteiger partial charge on any atom is -0.337 e. The Morgan fingerprint density at radius 2 is 2.04 bits per heavy atom. The van der Waals surface area contributed by atoms with Gasteiger partial charge in [0.2, 0.25) is 9.84 Å². The van der Waals surface area contributed by atoms with Crippen LogP contribution < -0.4 is 0 Å². The standard InChI is InChI=1S/C16H17ClN2O2S2/c1-18(2)7-8-19-11-15(14-6-9-22-16(14)19)23(20,21)13-5-3-4-12(17)10-13/h3-6,9-11H,7-8H2,1-2H3. The van der Waals surface area contributed by atoms with Crippen molar-refractivity contribution in [3.8, 4) is 0 Å². The molecule has 1 aromatic carbocycles. The number of benzene rings is 1. The molecule has 2 aromatic heterocycles. The molecule has 2 heterocycles. The molecule has 0 saturated carbocycles. The Kier molecular flexibility index (Phi) is 4.51. The molecule has 7 heteroatoms. The van der Waals surface area contributed by atoms with Gasteiger partial charge >= 0.3 is 0 Å². The highest BCUT2D eigenvalue weighted by Crippen LogP contribution is 2.33. The smallest absolute Gasteiger partial charge is 0.208 e. The Morgan fingerprint density at radius 3 is 2.74 bits per heavy atom. The van der Waals surface area contributed by atoms with Crippen LogP contribution in [0.1, 0.15) is 0 Å². The molecule has 0 aliphatic carbocycles. The van der Waals surface area contributed by atoms with Gasteiger partial charge in [-0.05, 0) is 43.7 Å². The minimum absolute atomic E-state index is 0.225. The predicted octanol–water partition coefficient (Wildman–Crippen LogP) is 3.75. The molecule has 0 aliphatic rings. The van der Waals surface area contributed by atoms with Crippen LogP contribution in [0.3, 0.4) is 0 Å². The van der Waals surface area contributed by atoms with Crippen LogP contribution in [0.15, 0.2) is 51.7 Å². The fourth-order valence-electron chi connectivity index (χ4n) is 2.43. The number of hydrogen-bond acceptors (Lipinski definition) is 4. The van der Waals surface area contributed by atoms with Crippen molar-refractivity contribution < 1.29 is 8.42 Å². The summed E-state index contributed by atoms with van der Waals surface area (Å²) in [7, 11) is 0.410. The van der Waals surface area contributed by atoms with E-state index >= 15 is 0 Å². The lowest BCUT2D eigenvalue weighted by Crippen LogP contribution is -2.17. The highest BCUT2D eigenvalue weighted by atomic mass is 35.5. The molecule has 122 valence electrons. The second-order valence-electron chi connectivity index (χ2n) is 5.59. The summed E-state index contributed by atoms with van der Waals surface area (Å²) >= 11 is 7.51. The van der Waals surface area contributed by atoms with E-state index in [0.717, 1.165) is 23.3 Å². The molecule has 23 heavy (non-hydrogen) atoms. The molecule has 0 spiro atoms. The largest absolute Gasteiger partial charge is 0.337 e. The summed E-state index contributed by atoms with van der Waals surface area (Å²) in [5.41, 5.74) is 0. The Bertz CT molecular complexity index is 942. The van der Waals surface area contributed by atoms with E-state index in [1.807, 2.05) is 30.1 Å². The SMILES string of the molecule is CN(C)CCn1cc(S(=O)(=O)c2cccc(Cl)c2)c2ccsc21. The summed E-state index contributed by atoms with van der Waals surface area (Å²) in [6.45, 7) is 1.59. The molecule has 4 nitrogen and oxygen atoms in total. The fourth-order valence-corrected chi connectivity index (χ4v) is 5.18. The molecular weight excluding hydrogens is 352 g/mol. The highest BCUT2D eigenvalue weighted by Gasteiger charge is 2.24. The van der Waals surface area contributed by atoms with Crippen molar-refractivity contribution in [2.75, 3.05) is 20.6 Å². The summed E-state index contributed by atoms with van der Waals surface area (Å²) < 4.78 is 28.0. The maximum Gasteiger partial charge on any atom is 0.208 e. The van der Waals surface area contributed by atoms with Crippen LogP contribution in [0.4, 0.5) is 0 Å². The average molecular weight is 369 g/mol. The molecule has 0 amide bonds. The third-order valence-corrected chi connectivity index (χ3v) is 6.59. The van der Waals surface area contributed by atoms with Crippen LogP contribution in [-0.2, 0) is 16.4 Å². The van der Waals surface area contributed by atoms with Gasteiger partial charge in [-0.25, -0.2) is 8.42 Å². The number of halogens is 1. The van der Waals surface area contributed by atoms with Crippen LogP contribution >= 0.6 is 22.9 Å². The van der Waals surface area contributed by atoms with Crippen LogP contribution in [0.5, 0.6) is 0 Å². The van der Waals surface area contributed by atoms with Crippen molar-refractivity contribution in [1.82, 2.24) is 9.47 Å². The van der Waals surface area contributed by atoms with Gasteiger partial charge in [-0.3, -0.25) is 0 Å². The van der Waals surface area contributed by atoms with Gasteiger partial charge in [0, 0.05) is 29.7 Å². The van der Waals surface area contributed by atoms with E-state index in [1.165, 1.54) is 6.07 Å². The number of fused-ring (bicyclic) bond motifs is 1. The Morgan fingerprint density at radius 1 is 1.26 bits per heavy atom. The zero-order valence-corrected chi connectivity index (χ0v) is 15.2. The lowest BCUT2D eigenvalue weighted by molar-refractivity contribution is 0.387. The molecule has 0 unspecified atom stereocenters. The second kappa shape index (κ2) is 6.28. The van der Waals surface area contributed by atoms with Gasteiger partial charge in [0.25, 0.3) is 0 Å². The molecule has 0 atom stereocenters. The first-order valence-corrected chi connectivity index (χ1v) is 9.85. The number of nitrogens with zero attached hydrogens (tertiary/aromatic N) is 2. The monoisotopic (exact) mass is 368 g/mol. The van der Waals surface area contributed by atoms with Crippen molar-refractivity contribution in [2.24, 2.45) is 0 Å². The first-order valence-electron chi connectivity index (χ1n) is 7.11. The summed E-state index contributed by atoms with van der Waals surface area (Å²) in [6.07, 6.45) is 1.74. The van der Waals surface area contributed by atoms with E-state index in [-0.39, 0.29) is 4.90 Å². The normalized spacial score (nSPS) is 12.3. The third-order valence-electron chi connectivity index (χ3n) is 3.63. The van der Waals surface area contributed by atoms with Crippen LogP contribution in [0, 0.1) is 0 Å². The molecule has 0 fully saturated rings. The maximum atomic E-state index is 13.0. The van der Waals surface area contributed by atoms with Crippen molar-refractivity contribution >= 4 is 43.0 Å². The lowest BCUT2D eigenvalue weighted by Gasteiger charge is -2.10. The van der Waals surface area contributed by atoms with E-state index in [9.17, 15) is 8.42 Å². The van der Waals surface area contributed by atoms with Gasteiger partial charge in [0.15, 0.2) is 0 Å². The van der Waals surface area contributed by atoms with E-state index in [0.29, 0.717) is 9.92 Å². The number of rotatable bonds is 5. The number of aromatic nitrogens is 1. The van der Waals surface area contributed by atoms with Gasteiger partial charge in [-0.15, -0.1) is 11.3 Å². The number of sulfone groups is 1. The van der Waals surface area contributed by atoms with E-state index in [2.05, 4.69) is 4.90 Å². The number of likely N-dealkylation sites (N-methyl/N-ethyl adjacent to an activating group) is 1. The van der Waals surface area contributed by atoms with Gasteiger partial charge in [0.05, 0.1) is 9.79 Å². The van der Waals surface area contributed by atoms with E-state index in [1.54, 1.807) is 35.7 Å². The first-order chi connectivity index (χ1) is 10.9. The van der Waals surface area contributed by atoms with E-state index in [4.69, 9.17) is 11.6 Å². The maximum absolute atomic E-state index is 13.0. The van der Waals surface area contributed by atoms with Gasteiger partial charge in [-0.2, -0.15) is 0 Å². The molecule has 0 aliphatic heterocycles. The predicted molar refractivity (Wildman–Crippen MR) is 95.3 cm³/mol. The summed E-state index contributed by atoms with van der Waals surface area (Å²) in [4.78, 5) is 3.62. The number of hydrogen-bond donors (Lipinski definition) is 0. The minimum atomic E-state index is -3.59. The zero-order chi connectivity index (χ0) is 16.6. The number of thiophene rings is 1.